The molecule has 0 amide bonds. The topological polar surface area (TPSA) is 47.0 Å². The molecule has 0 saturated heterocycles. The molecular weight excluding hydrogens is 302 g/mol. The van der Waals surface area contributed by atoms with Crippen LogP contribution in [0.3, 0.4) is 0 Å². The van der Waals surface area contributed by atoms with Gasteiger partial charge in [0.25, 0.3) is 11.0 Å². The van der Waals surface area contributed by atoms with Crippen LogP contribution in [-0.2, 0) is 14.1 Å². The Labute approximate surface area is 139 Å². The first-order valence-corrected chi connectivity index (χ1v) is 7.79. The van der Waals surface area contributed by atoms with E-state index in [0.717, 1.165) is 27.0 Å². The Morgan fingerprint density at radius 1 is 1.08 bits per heavy atom. The molecule has 0 unspecified atom stereocenters. The van der Waals surface area contributed by atoms with Gasteiger partial charge in [-0.25, -0.2) is 13.9 Å². The fourth-order valence-electron chi connectivity index (χ4n) is 3.54. The van der Waals surface area contributed by atoms with Crippen LogP contribution in [0.25, 0.3) is 5.57 Å². The molecule has 0 spiro atoms. The summed E-state index contributed by atoms with van der Waals surface area (Å²) in [5, 5.41) is 0.543. The van der Waals surface area contributed by atoms with E-state index in [4.69, 9.17) is 1.37 Å². The number of rotatable bonds is 0. The Balaban J connectivity index is 2.30. The Bertz CT molecular complexity index is 1230. The van der Waals surface area contributed by atoms with Gasteiger partial charge in [0, 0.05) is 12.6 Å². The fraction of sp³-hybridized carbons (Fsp3) is 0.211. The van der Waals surface area contributed by atoms with E-state index in [-0.39, 0.29) is 11.2 Å². The second kappa shape index (κ2) is 5.03. The molecule has 0 N–H and O–H groups in total. The molecule has 5 nitrogen and oxygen atoms in total. The lowest BCUT2D eigenvalue weighted by Crippen LogP contribution is -2.58. The molecule has 1 aromatic heterocycles. The van der Waals surface area contributed by atoms with Crippen LogP contribution < -0.4 is 26.5 Å². The van der Waals surface area contributed by atoms with Crippen LogP contribution in [0, 0.1) is 0 Å². The van der Waals surface area contributed by atoms with Crippen molar-refractivity contribution in [3.63, 3.8) is 0 Å². The van der Waals surface area contributed by atoms with Gasteiger partial charge in [0.05, 0.1) is 15.5 Å². The normalized spacial score (nSPS) is 19.2. The molecule has 0 saturated carbocycles. The summed E-state index contributed by atoms with van der Waals surface area (Å²) in [4.78, 5) is 25.3. The van der Waals surface area contributed by atoms with Crippen molar-refractivity contribution in [2.24, 2.45) is 14.1 Å². The van der Waals surface area contributed by atoms with Gasteiger partial charge in [-0.05, 0) is 23.6 Å². The molecule has 2 heterocycles. The van der Waals surface area contributed by atoms with Gasteiger partial charge in [-0.1, -0.05) is 36.4 Å². The van der Waals surface area contributed by atoms with Crippen molar-refractivity contribution in [1.82, 2.24) is 13.7 Å². The Kier molecular flexibility index (Phi) is 2.82. The SMILES string of the molecule is [2H]C1=CC=C2C(=c3c(=O)n(C)c(=O)n(C)c3=[N+]2C)C2=CC=CC=C1C2. The van der Waals surface area contributed by atoms with E-state index in [1.807, 2.05) is 42.0 Å². The number of nitrogens with zero attached hydrogens (tertiary/aromatic N) is 3. The Morgan fingerprint density at radius 3 is 2.62 bits per heavy atom. The maximum atomic E-state index is 12.9. The molecule has 2 aliphatic carbocycles. The van der Waals surface area contributed by atoms with Crippen LogP contribution in [0.15, 0.2) is 68.9 Å². The maximum absolute atomic E-state index is 12.9. The largest absolute Gasteiger partial charge is 0.417 e. The van der Waals surface area contributed by atoms with Crippen molar-refractivity contribution in [2.45, 2.75) is 6.42 Å². The van der Waals surface area contributed by atoms with Gasteiger partial charge >= 0.3 is 5.69 Å². The third kappa shape index (κ3) is 1.84. The second-order valence-electron chi connectivity index (χ2n) is 6.15. The maximum Gasteiger partial charge on any atom is 0.417 e. The highest BCUT2D eigenvalue weighted by atomic mass is 16.2. The second-order valence-corrected chi connectivity index (χ2v) is 6.15. The molecule has 0 aromatic carbocycles. The van der Waals surface area contributed by atoms with Crippen molar-refractivity contribution in [3.05, 3.63) is 90.9 Å². The van der Waals surface area contributed by atoms with Gasteiger partial charge < -0.3 is 0 Å². The van der Waals surface area contributed by atoms with Crippen LogP contribution in [0.5, 0.6) is 0 Å². The average molecular weight is 321 g/mol. The number of aromatic nitrogens is 2. The zero-order valence-electron chi connectivity index (χ0n) is 14.8. The third-order valence-electron chi connectivity index (χ3n) is 4.74. The number of hydrogen-bond acceptors (Lipinski definition) is 2. The van der Waals surface area contributed by atoms with E-state index in [1.165, 1.54) is 11.6 Å². The molecule has 1 aliphatic heterocycles. The standard InChI is InChI=1S/C19H18N3O2/c1-20-14-10-6-8-12-7-4-5-9-13(11-12)15(14)16-17(20)21(2)19(24)22(3)18(16)23/h4-10H,11H2,1-3H3/q+1/i8D. The lowest BCUT2D eigenvalue weighted by Gasteiger charge is -2.12. The molecule has 0 atom stereocenters. The summed E-state index contributed by atoms with van der Waals surface area (Å²) >= 11 is 0. The molecule has 24 heavy (non-hydrogen) atoms. The van der Waals surface area contributed by atoms with Crippen molar-refractivity contribution in [3.8, 4) is 0 Å². The van der Waals surface area contributed by atoms with Gasteiger partial charge in [-0.2, -0.15) is 4.57 Å². The van der Waals surface area contributed by atoms with Crippen molar-refractivity contribution >= 4 is 5.57 Å². The number of fused-ring (bicyclic) bond motifs is 5. The Hall–Kier alpha value is -2.95. The molecule has 1 aromatic rings. The molecular formula is C19H18N3O2+. The highest BCUT2D eigenvalue weighted by Gasteiger charge is 2.30. The minimum absolute atomic E-state index is 0.293. The molecule has 4 rings (SSSR count). The minimum Gasteiger partial charge on any atom is -0.268 e. The van der Waals surface area contributed by atoms with Gasteiger partial charge in [0.15, 0.2) is 0 Å². The summed E-state index contributed by atoms with van der Waals surface area (Å²) < 4.78 is 12.8. The third-order valence-corrected chi connectivity index (χ3v) is 4.74. The van der Waals surface area contributed by atoms with Gasteiger partial charge in [0.2, 0.25) is 0 Å². The number of hydrogen-bond donors (Lipinski definition) is 0. The monoisotopic (exact) mass is 321 g/mol. The van der Waals surface area contributed by atoms with E-state index in [2.05, 4.69) is 0 Å². The van der Waals surface area contributed by atoms with Crippen molar-refractivity contribution < 1.29 is 1.37 Å². The molecule has 2 bridgehead atoms. The zero-order chi connectivity index (χ0) is 17.9. The summed E-state index contributed by atoms with van der Waals surface area (Å²) in [5.41, 5.74) is 3.51. The highest BCUT2D eigenvalue weighted by molar-refractivity contribution is 5.81. The minimum atomic E-state index is -0.349. The predicted molar refractivity (Wildman–Crippen MR) is 93.9 cm³/mol. The first-order valence-electron chi connectivity index (χ1n) is 8.29. The van der Waals surface area contributed by atoms with Crippen molar-refractivity contribution in [2.75, 3.05) is 7.05 Å². The summed E-state index contributed by atoms with van der Waals surface area (Å²) in [7, 11) is 5.03. The van der Waals surface area contributed by atoms with Crippen LogP contribution in [0.4, 0.5) is 0 Å². The van der Waals surface area contributed by atoms with E-state index >= 15 is 0 Å². The summed E-state index contributed by atoms with van der Waals surface area (Å²) in [6, 6.07) is 0.454. The van der Waals surface area contributed by atoms with E-state index in [1.54, 1.807) is 13.1 Å². The molecule has 5 heteroatoms. The molecule has 0 fully saturated rings. The predicted octanol–water partition coefficient (Wildman–Crippen LogP) is -0.364. The Morgan fingerprint density at radius 2 is 1.83 bits per heavy atom. The van der Waals surface area contributed by atoms with Crippen LogP contribution in [0.2, 0.25) is 0 Å². The fourth-order valence-corrected chi connectivity index (χ4v) is 3.54. The average Bonchev–Trinajstić information content (AvgIpc) is 2.76. The van der Waals surface area contributed by atoms with Crippen LogP contribution in [-0.4, -0.2) is 16.2 Å². The summed E-state index contributed by atoms with van der Waals surface area (Å²) in [5.74, 6) is 0. The first-order chi connectivity index (χ1) is 11.9. The number of allylic oxidation sites excluding steroid dienone is 9. The molecule has 3 aliphatic rings. The highest BCUT2D eigenvalue weighted by Crippen LogP contribution is 2.30. The summed E-state index contributed by atoms with van der Waals surface area (Å²) in [6.45, 7) is 0. The quantitative estimate of drug-likeness (QED) is 0.613. The zero-order valence-corrected chi connectivity index (χ0v) is 13.8. The van der Waals surface area contributed by atoms with E-state index < -0.39 is 0 Å². The molecule has 0 radical (unpaired) electrons. The first kappa shape index (κ1) is 13.5. The van der Waals surface area contributed by atoms with Gasteiger partial charge in [0.1, 0.15) is 10.9 Å². The van der Waals surface area contributed by atoms with Gasteiger partial charge in [-0.15, -0.1) is 0 Å². The van der Waals surface area contributed by atoms with E-state index in [0.29, 0.717) is 23.2 Å². The van der Waals surface area contributed by atoms with Crippen LogP contribution in [0.1, 0.15) is 7.79 Å². The summed E-state index contributed by atoms with van der Waals surface area (Å²) in [6.07, 6.45) is 11.9. The lowest BCUT2D eigenvalue weighted by atomic mass is 9.93. The van der Waals surface area contributed by atoms with Crippen LogP contribution >= 0.6 is 0 Å². The van der Waals surface area contributed by atoms with Gasteiger partial charge in [-0.3, -0.25) is 4.79 Å². The van der Waals surface area contributed by atoms with E-state index in [9.17, 15) is 9.59 Å². The smallest absolute Gasteiger partial charge is 0.268 e. The molecule has 120 valence electrons. The lowest BCUT2D eigenvalue weighted by molar-refractivity contribution is 0.618. The van der Waals surface area contributed by atoms with Crippen molar-refractivity contribution in [1.29, 1.82) is 0 Å².